The second-order valence-corrected chi connectivity index (χ2v) is 12.9. The van der Waals surface area contributed by atoms with Crippen molar-refractivity contribution in [3.63, 3.8) is 0 Å². The lowest BCUT2D eigenvalue weighted by Gasteiger charge is -2.33. The predicted molar refractivity (Wildman–Crippen MR) is 211 cm³/mol. The van der Waals surface area contributed by atoms with Crippen LogP contribution in [-0.4, -0.2) is 132 Å². The number of piperazine rings is 2. The fourth-order valence-electron chi connectivity index (χ4n) is 5.37. The molecule has 2 aromatic heterocycles. The fraction of sp³-hybridized carbons (Fsp3) is 0.314. The number of rotatable bonds is 8. The Bertz CT molecular complexity index is 1950. The Morgan fingerprint density at radius 1 is 0.636 bits per heavy atom. The summed E-state index contributed by atoms with van der Waals surface area (Å²) in [5, 5.41) is 5.44. The quantitative estimate of drug-likeness (QED) is 0.187. The molecular weight excluding hydrogens is 755 g/mol. The molecule has 2 fully saturated rings. The molecule has 0 aliphatic carbocycles. The van der Waals surface area contributed by atoms with Crippen LogP contribution < -0.4 is 32.3 Å². The van der Waals surface area contributed by atoms with Gasteiger partial charge in [-0.25, -0.2) is 24.7 Å². The number of likely N-dealkylation sites (N-methyl/N-ethyl adjacent to an activating group) is 2. The first-order chi connectivity index (χ1) is 25.4. The zero-order valence-electron chi connectivity index (χ0n) is 30.6. The summed E-state index contributed by atoms with van der Waals surface area (Å²) in [5.41, 5.74) is 5.94. The highest BCUT2D eigenvalue weighted by molar-refractivity contribution is 6.32. The predicted octanol–water partition coefficient (Wildman–Crippen LogP) is 2.49. The van der Waals surface area contributed by atoms with Crippen molar-refractivity contribution in [1.82, 2.24) is 35.9 Å². The van der Waals surface area contributed by atoms with Gasteiger partial charge in [-0.15, -0.1) is 0 Å². The molecule has 4 heterocycles. The van der Waals surface area contributed by atoms with Crippen molar-refractivity contribution in [2.75, 3.05) is 94.0 Å². The van der Waals surface area contributed by atoms with Crippen molar-refractivity contribution >= 4 is 70.2 Å². The number of hydrogen-bond donors (Lipinski definition) is 4. The molecule has 18 nitrogen and oxygen atoms in total. The van der Waals surface area contributed by atoms with Crippen LogP contribution in [0.1, 0.15) is 41.7 Å². The van der Waals surface area contributed by atoms with E-state index in [1.165, 1.54) is 7.11 Å². The smallest absolute Gasteiger partial charge is 0.360 e. The number of esters is 1. The average molecular weight is 800 g/mol. The van der Waals surface area contributed by atoms with E-state index in [9.17, 15) is 19.2 Å². The van der Waals surface area contributed by atoms with Gasteiger partial charge in [0.1, 0.15) is 0 Å². The number of nitrogens with zero attached hydrogens (tertiary/aromatic N) is 8. The summed E-state index contributed by atoms with van der Waals surface area (Å²) < 4.78 is 4.75. The minimum Gasteiger partial charge on any atom is -0.464 e. The molecule has 2 aliphatic rings. The summed E-state index contributed by atoms with van der Waals surface area (Å²) in [6, 6.07) is 17.2. The number of hydrogen-bond acceptors (Lipinski definition) is 14. The lowest BCUT2D eigenvalue weighted by Crippen LogP contribution is -2.45. The van der Waals surface area contributed by atoms with E-state index in [2.05, 4.69) is 40.4 Å². The molecule has 2 aliphatic heterocycles. The van der Waals surface area contributed by atoms with Gasteiger partial charge in [-0.3, -0.25) is 14.4 Å². The third-order valence-corrected chi connectivity index (χ3v) is 8.93. The van der Waals surface area contributed by atoms with Crippen LogP contribution in [0, 0.1) is 0 Å². The largest absolute Gasteiger partial charge is 0.464 e. The zero-order chi connectivity index (χ0) is 38.1. The van der Waals surface area contributed by atoms with E-state index in [0.717, 1.165) is 26.2 Å². The van der Waals surface area contributed by atoms with Crippen molar-refractivity contribution in [1.29, 1.82) is 0 Å². The van der Waals surface area contributed by atoms with Crippen LogP contribution in [0.15, 0.2) is 60.7 Å². The van der Waals surface area contributed by atoms with Gasteiger partial charge in [0.25, 0.3) is 17.7 Å². The van der Waals surface area contributed by atoms with Crippen LogP contribution in [0.4, 0.5) is 23.3 Å². The third kappa shape index (κ3) is 11.3. The molecular formula is C35H44Cl2N12O6. The molecule has 20 heteroatoms. The van der Waals surface area contributed by atoms with E-state index in [1.54, 1.807) is 54.6 Å². The van der Waals surface area contributed by atoms with E-state index in [-0.39, 0.29) is 45.0 Å². The van der Waals surface area contributed by atoms with Crippen molar-refractivity contribution in [3.05, 3.63) is 93.5 Å². The number of carbonyl (C=O) groups excluding carboxylic acids is 4. The van der Waals surface area contributed by atoms with Crippen molar-refractivity contribution in [2.45, 2.75) is 0 Å². The molecule has 0 atom stereocenters. The maximum atomic E-state index is 12.5. The Morgan fingerprint density at radius 3 is 1.36 bits per heavy atom. The fourth-order valence-corrected chi connectivity index (χ4v) is 5.87. The number of aromatic nitrogens is 4. The minimum absolute atomic E-state index is 0. The first-order valence-corrected chi connectivity index (χ1v) is 17.3. The summed E-state index contributed by atoms with van der Waals surface area (Å²) in [6.07, 6.45) is 0. The van der Waals surface area contributed by atoms with Gasteiger partial charge in [0.15, 0.2) is 45.0 Å². The zero-order valence-corrected chi connectivity index (χ0v) is 32.1. The van der Waals surface area contributed by atoms with Gasteiger partial charge in [0, 0.05) is 63.5 Å². The molecule has 4 aromatic rings. The number of nitrogens with one attached hydrogen (secondary N) is 2. The van der Waals surface area contributed by atoms with Crippen molar-refractivity contribution < 1.29 is 29.4 Å². The second kappa shape index (κ2) is 20.3. The first-order valence-electron chi connectivity index (χ1n) is 16.6. The number of halogens is 2. The van der Waals surface area contributed by atoms with Crippen molar-refractivity contribution in [3.8, 4) is 0 Å². The van der Waals surface area contributed by atoms with Gasteiger partial charge in [0.05, 0.1) is 7.11 Å². The van der Waals surface area contributed by atoms with E-state index in [0.29, 0.717) is 48.9 Å². The maximum absolute atomic E-state index is 12.5. The first kappa shape index (κ1) is 43.9. The topological polar surface area (TPSA) is 259 Å². The van der Waals surface area contributed by atoms with E-state index >= 15 is 0 Å². The van der Waals surface area contributed by atoms with Crippen LogP contribution >= 0.6 is 23.2 Å². The highest BCUT2D eigenvalue weighted by atomic mass is 35.5. The van der Waals surface area contributed by atoms with E-state index in [4.69, 9.17) is 33.7 Å². The van der Waals surface area contributed by atoms with Crippen LogP contribution in [-0.2, 0) is 4.74 Å². The van der Waals surface area contributed by atoms with Crippen LogP contribution in [0.5, 0.6) is 0 Å². The molecule has 2 aromatic carbocycles. The Balaban J connectivity index is 0.000000285. The summed E-state index contributed by atoms with van der Waals surface area (Å²) >= 11 is 12.5. The Morgan fingerprint density at radius 2 is 1.00 bits per heavy atom. The van der Waals surface area contributed by atoms with Gasteiger partial charge in [-0.2, -0.15) is 0 Å². The molecule has 0 bridgehead atoms. The standard InChI is InChI=1S/C18H20ClN5O3.C17H19ClN6O2.H3N.H2O/c1-23-8-10-24(11-9-23)16-14(19)20-13(18(26)27-2)15(21-16)22-17(25)12-6-4-3-5-7-12;1-23-7-9-24(10-8-23)16-13(18)20-12(14(19)25)15(21-16)22-17(26)11-5-3-2-4-6-11;;/h3-7H,8-11H2,1-2H3,(H,21,22,25);2-6H,7-10H2,1H3,(H2,19,25)(H,21,22,26);1H3;1H2. The number of primary amides is 1. The molecule has 6 rings (SSSR count). The number of nitrogens with two attached hydrogens (primary N) is 1. The van der Waals surface area contributed by atoms with Gasteiger partial charge >= 0.3 is 5.97 Å². The van der Waals surface area contributed by atoms with Gasteiger partial charge in [0.2, 0.25) is 0 Å². The molecule has 9 N–H and O–H groups in total. The number of benzene rings is 2. The number of methoxy groups -OCH3 is 1. The summed E-state index contributed by atoms with van der Waals surface area (Å²) in [4.78, 5) is 74.1. The summed E-state index contributed by atoms with van der Waals surface area (Å²) in [7, 11) is 5.30. The van der Waals surface area contributed by atoms with Crippen molar-refractivity contribution in [2.24, 2.45) is 5.73 Å². The highest BCUT2D eigenvalue weighted by Gasteiger charge is 2.26. The molecule has 0 unspecified atom stereocenters. The lowest BCUT2D eigenvalue weighted by molar-refractivity contribution is 0.0594. The Hall–Kier alpha value is -5.50. The monoisotopic (exact) mass is 798 g/mol. The number of ether oxygens (including phenoxy) is 1. The molecule has 3 amide bonds. The van der Waals surface area contributed by atoms with Crippen LogP contribution in [0.25, 0.3) is 0 Å². The Labute approximate surface area is 327 Å². The Kier molecular flexibility index (Phi) is 16.2. The normalized spacial score (nSPS) is 14.3. The van der Waals surface area contributed by atoms with Gasteiger partial charge < -0.3 is 52.3 Å². The number of carbonyl (C=O) groups is 4. The summed E-state index contributed by atoms with van der Waals surface area (Å²) in [5.74, 6) is -1.46. The molecule has 55 heavy (non-hydrogen) atoms. The maximum Gasteiger partial charge on any atom is 0.360 e. The summed E-state index contributed by atoms with van der Waals surface area (Å²) in [6.45, 7) is 6.26. The van der Waals surface area contributed by atoms with Crippen LogP contribution in [0.2, 0.25) is 10.3 Å². The number of amides is 3. The van der Waals surface area contributed by atoms with Crippen LogP contribution in [0.3, 0.4) is 0 Å². The molecule has 0 spiro atoms. The minimum atomic E-state index is -0.812. The molecule has 0 radical (unpaired) electrons. The molecule has 294 valence electrons. The van der Waals surface area contributed by atoms with E-state index in [1.807, 2.05) is 30.0 Å². The highest BCUT2D eigenvalue weighted by Crippen LogP contribution is 2.28. The third-order valence-electron chi connectivity index (χ3n) is 8.43. The lowest BCUT2D eigenvalue weighted by atomic mass is 10.2. The second-order valence-electron chi connectivity index (χ2n) is 12.1. The molecule has 2 saturated heterocycles. The number of anilines is 4. The van der Waals surface area contributed by atoms with Gasteiger partial charge in [-0.1, -0.05) is 59.6 Å². The SMILES string of the molecule is CN1CCN(c2nc(NC(=O)c3ccccc3)c(C(N)=O)nc2Cl)CC1.COC(=O)c1nc(Cl)c(N2CCN(C)CC2)nc1NC(=O)c1ccccc1.N.O. The van der Waals surface area contributed by atoms with Gasteiger partial charge in [-0.05, 0) is 38.4 Å². The van der Waals surface area contributed by atoms with E-state index < -0.39 is 23.7 Å². The average Bonchev–Trinajstić information content (AvgIpc) is 3.17. The molecule has 0 saturated carbocycles.